The molecule has 2 fully saturated rings. The number of methoxy groups -OCH3 is 1. The molecule has 0 amide bonds. The number of hydrogen-bond donors (Lipinski definition) is 2. The fourth-order valence-corrected chi connectivity index (χ4v) is 3.75. The lowest BCUT2D eigenvalue weighted by molar-refractivity contribution is -0.0453. The fraction of sp³-hybridized carbons (Fsp3) is 0.667. The van der Waals surface area contributed by atoms with Crippen molar-refractivity contribution in [2.24, 2.45) is 4.99 Å². The molecule has 1 aromatic rings. The summed E-state index contributed by atoms with van der Waals surface area (Å²) in [5.74, 6) is 2.27. The van der Waals surface area contributed by atoms with Gasteiger partial charge in [-0.05, 0) is 45.4 Å². The average molecular weight is 391 g/mol. The van der Waals surface area contributed by atoms with E-state index in [0.717, 1.165) is 43.7 Å². The largest absolute Gasteiger partial charge is 0.493 e. The minimum Gasteiger partial charge on any atom is -0.493 e. The monoisotopic (exact) mass is 390 g/mol. The van der Waals surface area contributed by atoms with Gasteiger partial charge in [-0.2, -0.15) is 0 Å². The van der Waals surface area contributed by atoms with E-state index in [1.807, 2.05) is 31.2 Å². The molecule has 0 radical (unpaired) electrons. The first-order valence-electron chi connectivity index (χ1n) is 10.4. The number of ether oxygens (including phenoxy) is 3. The van der Waals surface area contributed by atoms with Gasteiger partial charge in [0.1, 0.15) is 6.10 Å². The van der Waals surface area contributed by atoms with Crippen molar-refractivity contribution in [2.75, 3.05) is 46.4 Å². The highest BCUT2D eigenvalue weighted by Gasteiger charge is 2.32. The van der Waals surface area contributed by atoms with E-state index in [-0.39, 0.29) is 12.2 Å². The molecule has 1 aromatic carbocycles. The molecule has 0 aliphatic carbocycles. The summed E-state index contributed by atoms with van der Waals surface area (Å²) < 4.78 is 17.4. The summed E-state index contributed by atoms with van der Waals surface area (Å²) in [5.41, 5.74) is 0. The minimum absolute atomic E-state index is 0.0666. The fourth-order valence-electron chi connectivity index (χ4n) is 3.75. The number of morpholine rings is 1. The van der Waals surface area contributed by atoms with E-state index in [1.54, 1.807) is 7.11 Å². The van der Waals surface area contributed by atoms with Gasteiger partial charge in [-0.25, -0.2) is 4.99 Å². The van der Waals surface area contributed by atoms with Crippen LogP contribution in [0, 0.1) is 0 Å². The summed E-state index contributed by atoms with van der Waals surface area (Å²) in [6.45, 7) is 9.26. The van der Waals surface area contributed by atoms with Gasteiger partial charge in [-0.3, -0.25) is 4.90 Å². The van der Waals surface area contributed by atoms with Crippen LogP contribution in [0.5, 0.6) is 11.5 Å². The van der Waals surface area contributed by atoms with Crippen LogP contribution in [0.15, 0.2) is 29.3 Å². The van der Waals surface area contributed by atoms with Crippen LogP contribution in [0.4, 0.5) is 0 Å². The van der Waals surface area contributed by atoms with E-state index < -0.39 is 0 Å². The maximum Gasteiger partial charge on any atom is 0.191 e. The molecule has 0 saturated carbocycles. The lowest BCUT2D eigenvalue weighted by Crippen LogP contribution is -2.51. The van der Waals surface area contributed by atoms with Crippen LogP contribution in [0.25, 0.3) is 0 Å². The lowest BCUT2D eigenvalue weighted by atomic mass is 10.2. The highest BCUT2D eigenvalue weighted by atomic mass is 16.5. The summed E-state index contributed by atoms with van der Waals surface area (Å²) in [5, 5.41) is 6.72. The summed E-state index contributed by atoms with van der Waals surface area (Å²) in [6.07, 6.45) is 2.71. The Bertz CT molecular complexity index is 640. The molecule has 7 heteroatoms. The van der Waals surface area contributed by atoms with Crippen molar-refractivity contribution in [2.45, 2.75) is 44.9 Å². The maximum atomic E-state index is 6.03. The Morgan fingerprint density at radius 2 is 2.14 bits per heavy atom. The van der Waals surface area contributed by atoms with Gasteiger partial charge < -0.3 is 24.8 Å². The second-order valence-electron chi connectivity index (χ2n) is 7.43. The summed E-state index contributed by atoms with van der Waals surface area (Å²) in [4.78, 5) is 7.23. The lowest BCUT2D eigenvalue weighted by Gasteiger charge is -2.35. The molecule has 2 aliphatic rings. The molecule has 3 atom stereocenters. The molecule has 2 heterocycles. The molecule has 7 nitrogen and oxygen atoms in total. The number of guanidine groups is 1. The van der Waals surface area contributed by atoms with Crippen molar-refractivity contribution in [1.29, 1.82) is 0 Å². The number of fused-ring (bicyclic) bond motifs is 1. The molecule has 3 rings (SSSR count). The van der Waals surface area contributed by atoms with Crippen LogP contribution in [-0.2, 0) is 4.74 Å². The number of rotatable bonds is 8. The second-order valence-corrected chi connectivity index (χ2v) is 7.43. The van der Waals surface area contributed by atoms with Gasteiger partial charge in [0.15, 0.2) is 17.5 Å². The van der Waals surface area contributed by atoms with Crippen LogP contribution >= 0.6 is 0 Å². The van der Waals surface area contributed by atoms with Crippen molar-refractivity contribution >= 4 is 5.96 Å². The van der Waals surface area contributed by atoms with Crippen LogP contribution in [0.2, 0.25) is 0 Å². The van der Waals surface area contributed by atoms with E-state index in [0.29, 0.717) is 12.6 Å². The minimum atomic E-state index is -0.0666. The maximum absolute atomic E-state index is 6.03. The highest BCUT2D eigenvalue weighted by Crippen LogP contribution is 2.26. The Morgan fingerprint density at radius 1 is 1.32 bits per heavy atom. The van der Waals surface area contributed by atoms with E-state index >= 15 is 0 Å². The van der Waals surface area contributed by atoms with Crippen molar-refractivity contribution in [1.82, 2.24) is 15.5 Å². The van der Waals surface area contributed by atoms with Crippen LogP contribution in [0.1, 0.15) is 26.7 Å². The van der Waals surface area contributed by atoms with Crippen molar-refractivity contribution in [3.63, 3.8) is 0 Å². The van der Waals surface area contributed by atoms with Gasteiger partial charge in [-0.15, -0.1) is 0 Å². The molecule has 0 spiro atoms. The Kier molecular flexibility index (Phi) is 7.80. The SMILES string of the molecule is CCNC(=NCC(C)Oc1ccccc1OC)NCC1CN2CCCC2CO1. The third kappa shape index (κ3) is 5.75. The molecule has 156 valence electrons. The zero-order chi connectivity index (χ0) is 19.8. The first-order valence-corrected chi connectivity index (χ1v) is 10.4. The smallest absolute Gasteiger partial charge is 0.191 e. The second kappa shape index (κ2) is 10.5. The number of benzene rings is 1. The Labute approximate surface area is 168 Å². The molecule has 2 saturated heterocycles. The van der Waals surface area contributed by atoms with Gasteiger partial charge >= 0.3 is 0 Å². The summed E-state index contributed by atoms with van der Waals surface area (Å²) in [7, 11) is 1.65. The number of para-hydroxylation sites is 2. The van der Waals surface area contributed by atoms with Crippen LogP contribution in [-0.4, -0.2) is 75.5 Å². The molecular formula is C21H34N4O3. The van der Waals surface area contributed by atoms with Gasteiger partial charge in [0.05, 0.1) is 26.4 Å². The van der Waals surface area contributed by atoms with Gasteiger partial charge in [0, 0.05) is 25.7 Å². The Morgan fingerprint density at radius 3 is 2.93 bits per heavy atom. The zero-order valence-electron chi connectivity index (χ0n) is 17.3. The predicted molar refractivity (Wildman–Crippen MR) is 111 cm³/mol. The summed E-state index contributed by atoms with van der Waals surface area (Å²) >= 11 is 0. The molecule has 2 aliphatic heterocycles. The van der Waals surface area contributed by atoms with E-state index in [1.165, 1.54) is 19.4 Å². The van der Waals surface area contributed by atoms with E-state index in [2.05, 4.69) is 27.4 Å². The third-order valence-electron chi connectivity index (χ3n) is 5.21. The molecule has 3 unspecified atom stereocenters. The first kappa shape index (κ1) is 20.7. The van der Waals surface area contributed by atoms with Gasteiger partial charge in [-0.1, -0.05) is 12.1 Å². The third-order valence-corrected chi connectivity index (χ3v) is 5.21. The zero-order valence-corrected chi connectivity index (χ0v) is 17.3. The molecular weight excluding hydrogens is 356 g/mol. The predicted octanol–water partition coefficient (Wildman–Crippen LogP) is 1.88. The molecule has 28 heavy (non-hydrogen) atoms. The average Bonchev–Trinajstić information content (AvgIpc) is 3.18. The molecule has 0 bridgehead atoms. The quantitative estimate of drug-likeness (QED) is 0.522. The Balaban J connectivity index is 1.47. The van der Waals surface area contributed by atoms with Crippen LogP contribution < -0.4 is 20.1 Å². The standard InChI is InChI=1S/C21H34N4O3/c1-4-22-21(24-13-18-14-25-11-7-8-17(25)15-27-18)23-12-16(2)28-20-10-6-5-9-19(20)26-3/h5-6,9-10,16-18H,4,7-8,11-15H2,1-3H3,(H2,22,23,24). The van der Waals surface area contributed by atoms with E-state index in [9.17, 15) is 0 Å². The normalized spacial score (nSPS) is 23.8. The number of aliphatic imine (C=N–C) groups is 1. The Hall–Kier alpha value is -1.99. The number of nitrogens with one attached hydrogen (secondary N) is 2. The van der Waals surface area contributed by atoms with Gasteiger partial charge in [0.25, 0.3) is 0 Å². The number of nitrogens with zero attached hydrogens (tertiary/aromatic N) is 2. The van der Waals surface area contributed by atoms with E-state index in [4.69, 9.17) is 14.2 Å². The number of hydrogen-bond acceptors (Lipinski definition) is 5. The van der Waals surface area contributed by atoms with Crippen LogP contribution in [0.3, 0.4) is 0 Å². The van der Waals surface area contributed by atoms with Crippen molar-refractivity contribution < 1.29 is 14.2 Å². The van der Waals surface area contributed by atoms with Crippen molar-refractivity contribution in [3.8, 4) is 11.5 Å². The molecule has 2 N–H and O–H groups in total. The highest BCUT2D eigenvalue weighted by molar-refractivity contribution is 5.79. The topological polar surface area (TPSA) is 67.4 Å². The van der Waals surface area contributed by atoms with Gasteiger partial charge in [0.2, 0.25) is 0 Å². The van der Waals surface area contributed by atoms with Crippen molar-refractivity contribution in [3.05, 3.63) is 24.3 Å². The molecule has 0 aromatic heterocycles. The summed E-state index contributed by atoms with van der Waals surface area (Å²) in [6, 6.07) is 8.31. The first-order chi connectivity index (χ1) is 13.7.